The first-order valence-corrected chi connectivity index (χ1v) is 14.1. The number of aromatic amines is 1. The molecule has 0 aliphatic heterocycles. The van der Waals surface area contributed by atoms with Gasteiger partial charge in [-0.25, -0.2) is 9.38 Å². The number of rotatable bonds is 7. The van der Waals surface area contributed by atoms with E-state index in [2.05, 4.69) is 27.0 Å². The van der Waals surface area contributed by atoms with Crippen molar-refractivity contribution >= 4 is 40.0 Å². The Hall–Kier alpha value is -4.84. The van der Waals surface area contributed by atoms with E-state index in [1.54, 1.807) is 18.2 Å². The molecule has 1 amide bonds. The van der Waals surface area contributed by atoms with Crippen molar-refractivity contribution in [1.82, 2.24) is 15.2 Å². The fourth-order valence-corrected chi connectivity index (χ4v) is 5.40. The third-order valence-corrected chi connectivity index (χ3v) is 7.48. The van der Waals surface area contributed by atoms with Crippen LogP contribution in [0.5, 0.6) is 5.88 Å². The van der Waals surface area contributed by atoms with Crippen LogP contribution < -0.4 is 5.32 Å². The largest absolute Gasteiger partial charge is 0.494 e. The number of halogens is 1. The fraction of sp³-hybridized carbons (Fsp3) is 0.118. The summed E-state index contributed by atoms with van der Waals surface area (Å²) in [7, 11) is 5.57. The van der Waals surface area contributed by atoms with Crippen molar-refractivity contribution < 1.29 is 14.3 Å². The number of benzene rings is 4. The van der Waals surface area contributed by atoms with E-state index in [9.17, 15) is 14.3 Å². The summed E-state index contributed by atoms with van der Waals surface area (Å²) in [6.07, 6.45) is 0. The molecule has 5 rings (SSSR count). The van der Waals surface area contributed by atoms with Crippen LogP contribution in [-0.4, -0.2) is 47.8 Å². The van der Waals surface area contributed by atoms with Crippen molar-refractivity contribution in [1.29, 1.82) is 0 Å². The number of H-pyrrole nitrogens is 1. The van der Waals surface area contributed by atoms with Crippen molar-refractivity contribution in [2.75, 3.05) is 21.1 Å². The van der Waals surface area contributed by atoms with Crippen molar-refractivity contribution in [2.45, 2.75) is 16.3 Å². The molecule has 0 saturated heterocycles. The van der Waals surface area contributed by atoms with Crippen molar-refractivity contribution in [3.8, 4) is 17.7 Å². The molecule has 0 bridgehead atoms. The van der Waals surface area contributed by atoms with Gasteiger partial charge in [0.15, 0.2) is 5.88 Å². The van der Waals surface area contributed by atoms with Crippen LogP contribution in [0, 0.1) is 17.7 Å². The fourth-order valence-electron chi connectivity index (χ4n) is 4.48. The van der Waals surface area contributed by atoms with Crippen LogP contribution in [0.4, 0.5) is 10.1 Å². The Morgan fingerprint density at radius 3 is 2.40 bits per heavy atom. The lowest BCUT2D eigenvalue weighted by Crippen LogP contribution is -2.14. The first-order valence-electron chi connectivity index (χ1n) is 13.2. The van der Waals surface area contributed by atoms with Crippen LogP contribution >= 0.6 is 11.8 Å². The minimum atomic E-state index is -0.419. The normalized spacial score (nSPS) is 11.4. The zero-order valence-corrected chi connectivity index (χ0v) is 24.2. The van der Waals surface area contributed by atoms with E-state index in [1.165, 1.54) is 36.5 Å². The Balaban J connectivity index is 1.68. The van der Waals surface area contributed by atoms with Gasteiger partial charge in [0.1, 0.15) is 5.82 Å². The molecule has 0 fully saturated rings. The number of nitrogens with zero attached hydrogens (tertiary/aromatic N) is 2. The van der Waals surface area contributed by atoms with Gasteiger partial charge in [0.25, 0.3) is 5.91 Å². The van der Waals surface area contributed by atoms with E-state index in [1.807, 2.05) is 74.8 Å². The lowest BCUT2D eigenvalue weighted by atomic mass is 10.00. The van der Waals surface area contributed by atoms with E-state index in [4.69, 9.17) is 4.99 Å². The maximum atomic E-state index is 13.6. The Labute approximate surface area is 248 Å². The standard InChI is InChI=1S/C34H29FN4O2S/c1-36-31(40)18-11-24-19-29-28(20-30(24)42-27-16-12-25(35)13-17-27)32(34(41)38-29)33(23-7-5-4-6-8-23)37-26-14-9-22(10-15-26)21-39(2)3/h4-10,12-17,19-20,38,41H,21H2,1-3H3,(H,36,40). The molecule has 1 aromatic heterocycles. The van der Waals surface area contributed by atoms with Gasteiger partial charge in [0.2, 0.25) is 0 Å². The summed E-state index contributed by atoms with van der Waals surface area (Å²) in [5.74, 6) is 4.75. The van der Waals surface area contributed by atoms with Gasteiger partial charge in [-0.2, -0.15) is 0 Å². The molecule has 210 valence electrons. The first-order chi connectivity index (χ1) is 20.3. The quantitative estimate of drug-likeness (QED) is 0.153. The molecule has 5 aromatic rings. The van der Waals surface area contributed by atoms with Gasteiger partial charge >= 0.3 is 0 Å². The highest BCUT2D eigenvalue weighted by Gasteiger charge is 2.21. The molecule has 0 radical (unpaired) electrons. The predicted molar refractivity (Wildman–Crippen MR) is 167 cm³/mol. The Kier molecular flexibility index (Phi) is 8.72. The van der Waals surface area contributed by atoms with Gasteiger partial charge in [0, 0.05) is 45.8 Å². The third-order valence-electron chi connectivity index (χ3n) is 6.42. The molecule has 0 aliphatic rings. The number of aromatic nitrogens is 1. The van der Waals surface area contributed by atoms with Crippen LogP contribution in [0.15, 0.2) is 106 Å². The van der Waals surface area contributed by atoms with Gasteiger partial charge < -0.3 is 20.3 Å². The molecule has 0 saturated carbocycles. The summed E-state index contributed by atoms with van der Waals surface area (Å²) in [5, 5.41) is 14.5. The van der Waals surface area contributed by atoms with E-state index >= 15 is 0 Å². The minimum Gasteiger partial charge on any atom is -0.494 e. The van der Waals surface area contributed by atoms with Crippen molar-refractivity contribution in [2.24, 2.45) is 4.99 Å². The van der Waals surface area contributed by atoms with Gasteiger partial charge in [-0.15, -0.1) is 0 Å². The Bertz CT molecular complexity index is 1820. The monoisotopic (exact) mass is 576 g/mol. The third kappa shape index (κ3) is 6.72. The lowest BCUT2D eigenvalue weighted by molar-refractivity contribution is -0.115. The lowest BCUT2D eigenvalue weighted by Gasteiger charge is -2.11. The molecule has 6 nitrogen and oxygen atoms in total. The molecule has 0 aliphatic carbocycles. The summed E-state index contributed by atoms with van der Waals surface area (Å²) >= 11 is 1.39. The molecule has 0 spiro atoms. The van der Waals surface area contributed by atoms with Gasteiger partial charge in [-0.1, -0.05) is 60.1 Å². The molecule has 3 N–H and O–H groups in total. The number of aromatic hydroxyl groups is 1. The summed E-state index contributed by atoms with van der Waals surface area (Å²) < 4.78 is 13.6. The molecule has 1 heterocycles. The van der Waals surface area contributed by atoms with Crippen LogP contribution in [0.3, 0.4) is 0 Å². The number of carbonyl (C=O) groups excluding carboxylic acids is 1. The second-order valence-corrected chi connectivity index (χ2v) is 11.0. The number of aliphatic imine (C=N–C) groups is 1. The molecule has 4 aromatic carbocycles. The maximum Gasteiger partial charge on any atom is 0.295 e. The van der Waals surface area contributed by atoms with E-state index in [0.29, 0.717) is 22.4 Å². The number of hydrogen-bond acceptors (Lipinski definition) is 5. The van der Waals surface area contributed by atoms with Gasteiger partial charge in [-0.3, -0.25) is 4.79 Å². The minimum absolute atomic E-state index is 0.0361. The average Bonchev–Trinajstić information content (AvgIpc) is 3.30. The molecule has 42 heavy (non-hydrogen) atoms. The number of nitrogens with one attached hydrogen (secondary N) is 2. The molecule has 0 unspecified atom stereocenters. The maximum absolute atomic E-state index is 13.6. The average molecular weight is 577 g/mol. The van der Waals surface area contributed by atoms with Crippen LogP contribution in [0.1, 0.15) is 22.3 Å². The van der Waals surface area contributed by atoms with E-state index in [0.717, 1.165) is 33.0 Å². The number of fused-ring (bicyclic) bond motifs is 1. The first kappa shape index (κ1) is 28.7. The van der Waals surface area contributed by atoms with E-state index < -0.39 is 5.91 Å². The van der Waals surface area contributed by atoms with E-state index in [-0.39, 0.29) is 11.7 Å². The summed E-state index contributed by atoms with van der Waals surface area (Å²) in [6.45, 7) is 0.818. The van der Waals surface area contributed by atoms with Gasteiger partial charge in [0.05, 0.1) is 22.5 Å². The predicted octanol–water partition coefficient (Wildman–Crippen LogP) is 6.49. The Morgan fingerprint density at radius 1 is 1.02 bits per heavy atom. The van der Waals surface area contributed by atoms with Crippen molar-refractivity contribution in [3.05, 3.63) is 119 Å². The molecular weight excluding hydrogens is 547 g/mol. The second-order valence-electron chi connectivity index (χ2n) is 9.86. The topological polar surface area (TPSA) is 80.7 Å². The smallest absolute Gasteiger partial charge is 0.295 e. The second kappa shape index (κ2) is 12.8. The SMILES string of the molecule is CNC(=O)C#Cc1cc2[nH]c(O)c(C(=Nc3ccc(CN(C)C)cc3)c3ccccc3)c2cc1Sc1ccc(F)cc1. The highest BCUT2D eigenvalue weighted by Crippen LogP contribution is 2.38. The van der Waals surface area contributed by atoms with Crippen LogP contribution in [0.25, 0.3) is 10.9 Å². The van der Waals surface area contributed by atoms with Gasteiger partial charge in [-0.05, 0) is 68.2 Å². The highest BCUT2D eigenvalue weighted by atomic mass is 32.2. The highest BCUT2D eigenvalue weighted by molar-refractivity contribution is 7.99. The number of hydrogen-bond donors (Lipinski definition) is 3. The number of amides is 1. The van der Waals surface area contributed by atoms with Crippen molar-refractivity contribution in [3.63, 3.8) is 0 Å². The zero-order chi connectivity index (χ0) is 29.6. The zero-order valence-electron chi connectivity index (χ0n) is 23.4. The Morgan fingerprint density at radius 2 is 1.74 bits per heavy atom. The number of carbonyl (C=O) groups is 1. The summed E-state index contributed by atoms with van der Waals surface area (Å²) in [5.41, 5.74) is 5.12. The molecule has 0 atom stereocenters. The summed E-state index contributed by atoms with van der Waals surface area (Å²) in [6, 6.07) is 27.6. The summed E-state index contributed by atoms with van der Waals surface area (Å²) in [4.78, 5) is 23.6. The molecular formula is C34H29FN4O2S. The van der Waals surface area contributed by atoms with Crippen LogP contribution in [0.2, 0.25) is 0 Å². The van der Waals surface area contributed by atoms with Crippen LogP contribution in [-0.2, 0) is 11.3 Å². The molecule has 8 heteroatoms.